The molecule has 0 aromatic rings. The molecular formula is C19H30O4. The number of carboxylic acid groups (broad SMARTS) is 1. The Morgan fingerprint density at radius 1 is 0.913 bits per heavy atom. The molecule has 0 aliphatic heterocycles. The largest absolute Gasteiger partial charge is 0.480 e. The number of aliphatic carboxylic acids is 1. The van der Waals surface area contributed by atoms with Crippen LogP contribution in [0.5, 0.6) is 0 Å². The van der Waals surface area contributed by atoms with E-state index in [2.05, 4.69) is 20.8 Å². The van der Waals surface area contributed by atoms with Crippen LogP contribution in [0.25, 0.3) is 0 Å². The number of rotatable bonds is 3. The van der Waals surface area contributed by atoms with Crippen molar-refractivity contribution in [2.24, 2.45) is 34.5 Å². The Kier molecular flexibility index (Phi) is 3.63. The summed E-state index contributed by atoms with van der Waals surface area (Å²) in [4.78, 5) is 24.2. The van der Waals surface area contributed by atoms with Crippen molar-refractivity contribution in [3.63, 3.8) is 0 Å². The molecule has 4 heteroatoms. The van der Waals surface area contributed by atoms with Crippen LogP contribution in [0.3, 0.4) is 0 Å². The number of hydrogen-bond acceptors (Lipinski definition) is 3. The summed E-state index contributed by atoms with van der Waals surface area (Å²) in [6.07, 6.45) is 5.86. The number of carbonyl (C=O) groups excluding carboxylic acids is 1. The van der Waals surface area contributed by atoms with Crippen molar-refractivity contribution in [1.82, 2.24) is 0 Å². The van der Waals surface area contributed by atoms with Gasteiger partial charge in [-0.25, -0.2) is 0 Å². The molecule has 0 radical (unpaired) electrons. The molecule has 4 aliphatic carbocycles. The van der Waals surface area contributed by atoms with E-state index in [0.29, 0.717) is 11.8 Å². The summed E-state index contributed by atoms with van der Waals surface area (Å²) in [5.41, 5.74) is -2.18. The van der Waals surface area contributed by atoms with Crippen LogP contribution in [0, 0.1) is 34.5 Å². The second-order valence-electron chi connectivity index (χ2n) is 9.67. The molecule has 4 bridgehead atoms. The Balaban J connectivity index is 1.97. The summed E-state index contributed by atoms with van der Waals surface area (Å²) in [5.74, 6) is 0.626. The number of carbonyl (C=O) groups is 2. The number of carboxylic acids is 1. The maximum Gasteiger partial charge on any atom is 0.323 e. The number of ether oxygens (including phenoxy) is 1. The summed E-state index contributed by atoms with van der Waals surface area (Å²) in [6, 6.07) is 0. The molecule has 4 fully saturated rings. The van der Waals surface area contributed by atoms with Crippen LogP contribution in [0.1, 0.15) is 66.7 Å². The normalized spacial score (nSPS) is 39.3. The van der Waals surface area contributed by atoms with E-state index >= 15 is 0 Å². The molecule has 4 nitrogen and oxygen atoms in total. The van der Waals surface area contributed by atoms with Crippen LogP contribution in [0.2, 0.25) is 0 Å². The predicted octanol–water partition coefficient (Wildman–Crippen LogP) is 3.88. The lowest BCUT2D eigenvalue weighted by Gasteiger charge is -2.64. The molecule has 0 aromatic heterocycles. The van der Waals surface area contributed by atoms with E-state index in [1.165, 1.54) is 20.3 Å². The monoisotopic (exact) mass is 322 g/mol. The average Bonchev–Trinajstić information content (AvgIpc) is 2.40. The van der Waals surface area contributed by atoms with E-state index < -0.39 is 23.0 Å². The third-order valence-corrected chi connectivity index (χ3v) is 6.83. The maximum absolute atomic E-state index is 12.7. The molecule has 0 atom stereocenters. The van der Waals surface area contributed by atoms with E-state index in [0.717, 1.165) is 37.5 Å². The number of hydrogen-bond donors (Lipinski definition) is 1. The first-order chi connectivity index (χ1) is 10.5. The van der Waals surface area contributed by atoms with Crippen molar-refractivity contribution in [2.75, 3.05) is 0 Å². The van der Waals surface area contributed by atoms with Gasteiger partial charge in [0.05, 0.1) is 0 Å². The van der Waals surface area contributed by atoms with Crippen LogP contribution in [0.15, 0.2) is 0 Å². The Bertz CT molecular complexity index is 498. The summed E-state index contributed by atoms with van der Waals surface area (Å²) in [5, 5.41) is 9.38. The van der Waals surface area contributed by atoms with Gasteiger partial charge >= 0.3 is 11.9 Å². The van der Waals surface area contributed by atoms with Crippen molar-refractivity contribution in [1.29, 1.82) is 0 Å². The molecule has 130 valence electrons. The average molecular weight is 322 g/mol. The lowest BCUT2D eigenvalue weighted by Crippen LogP contribution is -2.66. The maximum atomic E-state index is 12.7. The lowest BCUT2D eigenvalue weighted by atomic mass is 9.45. The van der Waals surface area contributed by atoms with Crippen molar-refractivity contribution < 1.29 is 19.4 Å². The molecule has 4 saturated carbocycles. The van der Waals surface area contributed by atoms with Gasteiger partial charge in [0.1, 0.15) is 5.60 Å². The molecule has 0 heterocycles. The third kappa shape index (κ3) is 2.32. The van der Waals surface area contributed by atoms with E-state index in [1.807, 2.05) is 0 Å². The van der Waals surface area contributed by atoms with Gasteiger partial charge in [-0.1, -0.05) is 20.8 Å². The molecule has 0 saturated heterocycles. The van der Waals surface area contributed by atoms with Gasteiger partial charge in [0.15, 0.2) is 5.41 Å². The fourth-order valence-corrected chi connectivity index (χ4v) is 5.80. The first kappa shape index (κ1) is 16.8. The van der Waals surface area contributed by atoms with Gasteiger partial charge in [-0.05, 0) is 57.8 Å². The van der Waals surface area contributed by atoms with E-state index in [1.54, 1.807) is 0 Å². The van der Waals surface area contributed by atoms with Gasteiger partial charge in [-0.3, -0.25) is 9.59 Å². The molecule has 0 amide bonds. The minimum absolute atomic E-state index is 0.181. The van der Waals surface area contributed by atoms with Crippen LogP contribution < -0.4 is 0 Å². The van der Waals surface area contributed by atoms with Crippen LogP contribution in [0.4, 0.5) is 0 Å². The smallest absolute Gasteiger partial charge is 0.323 e. The quantitative estimate of drug-likeness (QED) is 0.632. The standard InChI is InChI=1S/C19H30O4/c1-17(2,3)19(23-16(22)18(4,5)15(20)21)13-7-11-6-12(9-13)10-14(19)8-11/h11-14H,6-10H2,1-5H3,(H,20,21). The first-order valence-corrected chi connectivity index (χ1v) is 8.95. The van der Waals surface area contributed by atoms with E-state index in [-0.39, 0.29) is 5.41 Å². The minimum Gasteiger partial charge on any atom is -0.480 e. The SMILES string of the molecule is CC(C)(C(=O)O)C(=O)OC1(C(C)(C)C)C2CC3CC(C2)CC1C3. The molecule has 0 aromatic carbocycles. The van der Waals surface area contributed by atoms with Crippen molar-refractivity contribution >= 4 is 11.9 Å². The van der Waals surface area contributed by atoms with Gasteiger partial charge < -0.3 is 9.84 Å². The number of esters is 1. The zero-order valence-corrected chi connectivity index (χ0v) is 15.0. The second kappa shape index (κ2) is 4.97. The van der Waals surface area contributed by atoms with Gasteiger partial charge in [-0.15, -0.1) is 0 Å². The van der Waals surface area contributed by atoms with Gasteiger partial charge in [0, 0.05) is 17.3 Å². The molecule has 0 unspecified atom stereocenters. The third-order valence-electron chi connectivity index (χ3n) is 6.83. The Hall–Kier alpha value is -1.06. The fraction of sp³-hybridized carbons (Fsp3) is 0.895. The van der Waals surface area contributed by atoms with Gasteiger partial charge in [0.2, 0.25) is 0 Å². The molecule has 1 N–H and O–H groups in total. The van der Waals surface area contributed by atoms with Crippen LogP contribution in [-0.4, -0.2) is 22.6 Å². The second-order valence-corrected chi connectivity index (χ2v) is 9.67. The predicted molar refractivity (Wildman–Crippen MR) is 86.7 cm³/mol. The summed E-state index contributed by atoms with van der Waals surface area (Å²) < 4.78 is 6.19. The van der Waals surface area contributed by atoms with Crippen LogP contribution >= 0.6 is 0 Å². The summed E-state index contributed by atoms with van der Waals surface area (Å²) in [7, 11) is 0. The summed E-state index contributed by atoms with van der Waals surface area (Å²) >= 11 is 0. The fourth-order valence-electron chi connectivity index (χ4n) is 5.80. The molecule has 0 spiro atoms. The lowest BCUT2D eigenvalue weighted by molar-refractivity contribution is -0.250. The van der Waals surface area contributed by atoms with Crippen molar-refractivity contribution in [3.05, 3.63) is 0 Å². The highest BCUT2D eigenvalue weighted by Crippen LogP contribution is 2.64. The zero-order chi connectivity index (χ0) is 17.2. The van der Waals surface area contributed by atoms with Gasteiger partial charge in [-0.2, -0.15) is 0 Å². The van der Waals surface area contributed by atoms with Crippen molar-refractivity contribution in [2.45, 2.75) is 72.3 Å². The molecular weight excluding hydrogens is 292 g/mol. The van der Waals surface area contributed by atoms with Crippen molar-refractivity contribution in [3.8, 4) is 0 Å². The van der Waals surface area contributed by atoms with E-state index in [9.17, 15) is 14.7 Å². The highest BCUT2D eigenvalue weighted by molar-refractivity contribution is 5.98. The zero-order valence-electron chi connectivity index (χ0n) is 15.0. The Labute approximate surface area is 139 Å². The first-order valence-electron chi connectivity index (χ1n) is 8.95. The Morgan fingerprint density at radius 2 is 1.35 bits per heavy atom. The minimum atomic E-state index is -1.49. The Morgan fingerprint density at radius 3 is 1.70 bits per heavy atom. The topological polar surface area (TPSA) is 63.6 Å². The molecule has 4 rings (SSSR count). The molecule has 4 aliphatic rings. The van der Waals surface area contributed by atoms with Crippen LogP contribution in [-0.2, 0) is 14.3 Å². The van der Waals surface area contributed by atoms with Gasteiger partial charge in [0.25, 0.3) is 0 Å². The summed E-state index contributed by atoms with van der Waals surface area (Å²) in [6.45, 7) is 9.34. The molecule has 23 heavy (non-hydrogen) atoms. The highest BCUT2D eigenvalue weighted by Gasteiger charge is 2.65. The van der Waals surface area contributed by atoms with E-state index in [4.69, 9.17) is 4.74 Å². The highest BCUT2D eigenvalue weighted by atomic mass is 16.6.